The van der Waals surface area contributed by atoms with Crippen molar-refractivity contribution < 1.29 is 38.9 Å². The summed E-state index contributed by atoms with van der Waals surface area (Å²) in [5.74, 6) is -2.94. The number of imidazole rings is 2. The van der Waals surface area contributed by atoms with E-state index in [2.05, 4.69) is 0 Å². The zero-order chi connectivity index (χ0) is 40.0. The summed E-state index contributed by atoms with van der Waals surface area (Å²) < 4.78 is 14.8. The number of aromatic carboxylic acids is 2. The average Bonchev–Trinajstić information content (AvgIpc) is 3.71. The minimum atomic E-state index is -1.16. The second-order valence-electron chi connectivity index (χ2n) is 11.5. The Hall–Kier alpha value is -6.70. The number of rotatable bonds is 11. The minimum Gasteiger partial charge on any atom is -0.494 e. The Morgan fingerprint density at radius 3 is 1.24 bits per heavy atom. The number of carbonyl (C=O) groups excluding carboxylic acids is 2. The van der Waals surface area contributed by atoms with Crippen molar-refractivity contribution >= 4 is 45.8 Å². The van der Waals surface area contributed by atoms with E-state index < -0.39 is 23.8 Å². The number of carbonyl (C=O) groups is 4. The molecule has 2 amide bonds. The summed E-state index contributed by atoms with van der Waals surface area (Å²) in [5.41, 5.74) is 15.1. The number of nitrogens with two attached hydrogens (primary N) is 2. The smallest absolute Gasteiger partial charge is 0.336 e. The maximum absolute atomic E-state index is 12.5. The predicted molar refractivity (Wildman–Crippen MR) is 207 cm³/mol. The molecule has 2 heterocycles. The molecular formula is C40H44N6O8. The lowest BCUT2D eigenvalue weighted by Crippen LogP contribution is -2.14. The van der Waals surface area contributed by atoms with Crippen molar-refractivity contribution in [3.8, 4) is 34.3 Å². The molecule has 14 nitrogen and oxygen atoms in total. The van der Waals surface area contributed by atoms with Crippen LogP contribution in [0.4, 0.5) is 0 Å². The molecule has 14 heteroatoms. The maximum atomic E-state index is 12.5. The third kappa shape index (κ3) is 7.05. The molecule has 0 saturated carbocycles. The molecule has 0 aliphatic rings. The quantitative estimate of drug-likeness (QED) is 0.110. The van der Waals surface area contributed by atoms with Crippen molar-refractivity contribution in [3.05, 3.63) is 94.0 Å². The Kier molecular flexibility index (Phi) is 12.4. The lowest BCUT2D eigenvalue weighted by atomic mass is 10.0. The normalized spacial score (nSPS) is 10.6. The lowest BCUT2D eigenvalue weighted by molar-refractivity contribution is 0.0686. The number of hydrogen-bond donors (Lipinski definition) is 4. The molecule has 0 aliphatic heterocycles. The number of aryl methyl sites for hydroxylation is 4. The number of benzene rings is 4. The molecule has 6 N–H and O–H groups in total. The highest BCUT2D eigenvalue weighted by Gasteiger charge is 2.27. The topological polar surface area (TPSA) is 215 Å². The van der Waals surface area contributed by atoms with Gasteiger partial charge in [0.1, 0.15) is 22.7 Å². The summed E-state index contributed by atoms with van der Waals surface area (Å²) in [6.45, 7) is 11.8. The SMILES string of the molecule is CC.CC.COc1c(C(N)=O)ccc2c1nc(-c1c(C)cccc1C(=O)O)n2CCn1c(-c2c(C)cccc2C(=O)O)nc2c(OC)c(C(N)=O)ccc21. The first kappa shape index (κ1) is 40.1. The fraction of sp³-hybridized carbons (Fsp3) is 0.250. The van der Waals surface area contributed by atoms with Crippen molar-refractivity contribution in [3.63, 3.8) is 0 Å². The van der Waals surface area contributed by atoms with E-state index in [-0.39, 0.29) is 69.5 Å². The molecular weight excluding hydrogens is 692 g/mol. The van der Waals surface area contributed by atoms with Gasteiger partial charge in [0, 0.05) is 24.2 Å². The second-order valence-corrected chi connectivity index (χ2v) is 11.5. The van der Waals surface area contributed by atoms with Crippen molar-refractivity contribution in [2.75, 3.05) is 14.2 Å². The van der Waals surface area contributed by atoms with Crippen molar-refractivity contribution in [1.29, 1.82) is 0 Å². The molecule has 282 valence electrons. The third-order valence-electron chi connectivity index (χ3n) is 8.69. The number of carboxylic acid groups (broad SMARTS) is 2. The molecule has 0 unspecified atom stereocenters. The molecule has 0 fully saturated rings. The summed E-state index contributed by atoms with van der Waals surface area (Å²) >= 11 is 0. The number of methoxy groups -OCH3 is 2. The zero-order valence-corrected chi connectivity index (χ0v) is 31.5. The Bertz CT molecular complexity index is 2240. The fourth-order valence-corrected chi connectivity index (χ4v) is 6.46. The molecule has 0 saturated heterocycles. The minimum absolute atomic E-state index is 0.0131. The van der Waals surface area contributed by atoms with Crippen molar-refractivity contribution in [2.45, 2.75) is 54.6 Å². The van der Waals surface area contributed by atoms with Crippen LogP contribution in [-0.4, -0.2) is 67.3 Å². The van der Waals surface area contributed by atoms with Crippen molar-refractivity contribution in [2.24, 2.45) is 11.5 Å². The molecule has 0 aliphatic carbocycles. The fourth-order valence-electron chi connectivity index (χ4n) is 6.46. The highest BCUT2D eigenvalue weighted by molar-refractivity contribution is 6.04. The number of aromatic nitrogens is 4. The van der Waals surface area contributed by atoms with Crippen LogP contribution in [-0.2, 0) is 13.1 Å². The second kappa shape index (κ2) is 16.8. The van der Waals surface area contributed by atoms with Gasteiger partial charge in [0.25, 0.3) is 11.8 Å². The van der Waals surface area contributed by atoms with Gasteiger partial charge in [-0.15, -0.1) is 0 Å². The van der Waals surface area contributed by atoms with Crippen LogP contribution in [0.5, 0.6) is 11.5 Å². The summed E-state index contributed by atoms with van der Waals surface area (Å²) in [6, 6.07) is 16.1. The molecule has 4 aromatic carbocycles. The first-order chi connectivity index (χ1) is 25.9. The summed E-state index contributed by atoms with van der Waals surface area (Å²) in [6.07, 6.45) is 0. The van der Waals surface area contributed by atoms with Crippen LogP contribution < -0.4 is 20.9 Å². The van der Waals surface area contributed by atoms with E-state index in [1.807, 2.05) is 27.7 Å². The van der Waals surface area contributed by atoms with Gasteiger partial charge in [0.05, 0.1) is 47.5 Å². The third-order valence-corrected chi connectivity index (χ3v) is 8.69. The first-order valence-corrected chi connectivity index (χ1v) is 17.3. The Morgan fingerprint density at radius 1 is 0.593 bits per heavy atom. The first-order valence-electron chi connectivity index (χ1n) is 17.3. The van der Waals surface area contributed by atoms with Crippen LogP contribution in [0.3, 0.4) is 0 Å². The van der Waals surface area contributed by atoms with E-state index in [0.717, 1.165) is 0 Å². The summed E-state index contributed by atoms with van der Waals surface area (Å²) in [7, 11) is 2.77. The highest BCUT2D eigenvalue weighted by Crippen LogP contribution is 2.38. The van der Waals surface area contributed by atoms with Crippen LogP contribution in [0, 0.1) is 13.8 Å². The molecule has 0 atom stereocenters. The van der Waals surface area contributed by atoms with Crippen LogP contribution in [0.1, 0.15) is 80.3 Å². The highest BCUT2D eigenvalue weighted by atomic mass is 16.5. The summed E-state index contributed by atoms with van der Waals surface area (Å²) in [4.78, 5) is 59.3. The van der Waals surface area contributed by atoms with E-state index in [0.29, 0.717) is 33.3 Å². The molecule has 0 bridgehead atoms. The van der Waals surface area contributed by atoms with E-state index in [9.17, 15) is 29.4 Å². The van der Waals surface area contributed by atoms with E-state index in [1.165, 1.54) is 38.5 Å². The number of carboxylic acids is 2. The Balaban J connectivity index is 0.00000157. The van der Waals surface area contributed by atoms with E-state index >= 15 is 0 Å². The Morgan fingerprint density at radius 2 is 0.944 bits per heavy atom. The van der Waals surface area contributed by atoms with E-state index in [1.54, 1.807) is 59.4 Å². The van der Waals surface area contributed by atoms with Crippen molar-refractivity contribution in [1.82, 2.24) is 19.1 Å². The zero-order valence-electron chi connectivity index (χ0n) is 31.5. The van der Waals surface area contributed by atoms with Gasteiger partial charge in [-0.25, -0.2) is 19.6 Å². The van der Waals surface area contributed by atoms with Gasteiger partial charge < -0.3 is 40.3 Å². The number of primary amides is 2. The summed E-state index contributed by atoms with van der Waals surface area (Å²) in [5, 5.41) is 20.4. The number of amides is 2. The molecule has 0 spiro atoms. The van der Waals surface area contributed by atoms with Gasteiger partial charge in [-0.2, -0.15) is 0 Å². The number of hydrogen-bond acceptors (Lipinski definition) is 8. The number of fused-ring (bicyclic) bond motifs is 2. The van der Waals surface area contributed by atoms with Gasteiger partial charge in [-0.3, -0.25) is 9.59 Å². The van der Waals surface area contributed by atoms with Gasteiger partial charge in [0.15, 0.2) is 11.5 Å². The average molecular weight is 737 g/mol. The molecule has 54 heavy (non-hydrogen) atoms. The Labute approximate surface area is 312 Å². The molecule has 2 aromatic heterocycles. The molecule has 0 radical (unpaired) electrons. The molecule has 6 aromatic rings. The standard InChI is InChI=1S/C36H32N6O8.2C2H6/c1-17-7-5-9-19(35(45)46)25(17)33-39-27-23(13-11-21(31(37)43)29(27)49-3)41(33)15-16-42-24-14-12-22(32(38)44)30(50-4)28(24)40-34(42)26-18(2)8-6-10-20(26)36(47)48;2*1-2/h5-14H,15-16H2,1-4H3,(H2,37,43)(H2,38,44)(H,45,46)(H,47,48);2*1-2H3. The van der Waals surface area contributed by atoms with Crippen LogP contribution in [0.2, 0.25) is 0 Å². The van der Waals surface area contributed by atoms with Gasteiger partial charge >= 0.3 is 11.9 Å². The predicted octanol–water partition coefficient (Wildman–Crippen LogP) is 6.70. The van der Waals surface area contributed by atoms with Crippen LogP contribution in [0.25, 0.3) is 44.8 Å². The van der Waals surface area contributed by atoms with Gasteiger partial charge in [0.2, 0.25) is 0 Å². The maximum Gasteiger partial charge on any atom is 0.336 e. The van der Waals surface area contributed by atoms with E-state index in [4.69, 9.17) is 30.9 Å². The van der Waals surface area contributed by atoms with Crippen LogP contribution in [0.15, 0.2) is 60.7 Å². The molecule has 6 rings (SSSR count). The van der Waals surface area contributed by atoms with Gasteiger partial charge in [-0.05, 0) is 61.4 Å². The lowest BCUT2D eigenvalue weighted by Gasteiger charge is -2.17. The number of nitrogens with zero attached hydrogens (tertiary/aromatic N) is 4. The van der Waals surface area contributed by atoms with Gasteiger partial charge in [-0.1, -0.05) is 52.0 Å². The number of ether oxygens (including phenoxy) is 2. The monoisotopic (exact) mass is 736 g/mol. The largest absolute Gasteiger partial charge is 0.494 e. The van der Waals surface area contributed by atoms with Crippen LogP contribution >= 0.6 is 0 Å².